The third-order valence-electron chi connectivity index (χ3n) is 4.42. The summed E-state index contributed by atoms with van der Waals surface area (Å²) in [7, 11) is 1.33. The number of methoxy groups -OCH3 is 1. The van der Waals surface area contributed by atoms with Crippen LogP contribution in [0.5, 0.6) is 0 Å². The molecule has 2 atom stereocenters. The first-order valence-electron chi connectivity index (χ1n) is 6.70. The summed E-state index contributed by atoms with van der Waals surface area (Å²) in [5.41, 5.74) is -3.63. The van der Waals surface area contributed by atoms with Crippen molar-refractivity contribution >= 4 is 17.9 Å². The lowest BCUT2D eigenvalue weighted by Crippen LogP contribution is -2.67. The zero-order chi connectivity index (χ0) is 16.3. The van der Waals surface area contributed by atoms with Crippen LogP contribution in [0.1, 0.15) is 34.6 Å². The van der Waals surface area contributed by atoms with Crippen molar-refractivity contribution in [1.82, 2.24) is 0 Å². The summed E-state index contributed by atoms with van der Waals surface area (Å²) < 4.78 is 5.40. The maximum atomic E-state index is 12.7. The normalized spacial score (nSPS) is 37.7. The number of hydrogen-bond acceptors (Lipinski definition) is 6. The van der Waals surface area contributed by atoms with Crippen molar-refractivity contribution in [3.63, 3.8) is 0 Å². The predicted molar refractivity (Wildman–Crippen MR) is 72.0 cm³/mol. The lowest BCUT2D eigenvalue weighted by Gasteiger charge is -2.53. The lowest BCUT2D eigenvalue weighted by molar-refractivity contribution is -0.460. The minimum absolute atomic E-state index is 0.139. The number of rotatable bonds is 2. The monoisotopic (exact) mass is 296 g/mol. The molecule has 0 spiro atoms. The molecule has 0 bridgehead atoms. The molecule has 0 aromatic rings. The highest BCUT2D eigenvalue weighted by atomic mass is 17.2. The fourth-order valence-corrected chi connectivity index (χ4v) is 3.08. The molecule has 21 heavy (non-hydrogen) atoms. The van der Waals surface area contributed by atoms with Crippen LogP contribution in [0.2, 0.25) is 0 Å². The Morgan fingerprint density at radius 3 is 2.14 bits per heavy atom. The van der Waals surface area contributed by atoms with Crippen molar-refractivity contribution < 1.29 is 28.9 Å². The van der Waals surface area contributed by atoms with E-state index >= 15 is 0 Å². The molecule has 1 fully saturated rings. The van der Waals surface area contributed by atoms with Crippen molar-refractivity contribution in [2.75, 3.05) is 7.11 Å². The summed E-state index contributed by atoms with van der Waals surface area (Å²) >= 11 is 0. The number of hydrogen-bond donors (Lipinski definition) is 0. The van der Waals surface area contributed by atoms with Crippen LogP contribution in [0.25, 0.3) is 0 Å². The van der Waals surface area contributed by atoms with Crippen LogP contribution in [0.4, 0.5) is 0 Å². The van der Waals surface area contributed by atoms with Crippen LogP contribution in [0, 0.1) is 10.8 Å². The predicted octanol–water partition coefficient (Wildman–Crippen LogP) is 1.38. The van der Waals surface area contributed by atoms with Crippen molar-refractivity contribution in [3.8, 4) is 0 Å². The zero-order valence-electron chi connectivity index (χ0n) is 13.1. The van der Waals surface area contributed by atoms with E-state index in [2.05, 4.69) is 0 Å². The number of ketones is 2. The third kappa shape index (κ3) is 1.79. The molecule has 1 heterocycles. The second-order valence-electron chi connectivity index (χ2n) is 6.76. The minimum Gasteiger partial charge on any atom is -0.346 e. The first kappa shape index (κ1) is 16.0. The van der Waals surface area contributed by atoms with E-state index in [9.17, 15) is 14.4 Å². The van der Waals surface area contributed by atoms with Gasteiger partial charge in [0.05, 0.1) is 16.4 Å². The maximum Gasteiger partial charge on any atom is 0.243 e. The first-order chi connectivity index (χ1) is 9.48. The van der Waals surface area contributed by atoms with Gasteiger partial charge in [-0.3, -0.25) is 14.4 Å². The van der Waals surface area contributed by atoms with E-state index in [0.29, 0.717) is 6.29 Å². The Balaban J connectivity index is 2.76. The van der Waals surface area contributed by atoms with Gasteiger partial charge in [-0.25, -0.2) is 4.89 Å². The molecular formula is C15H20O6. The molecule has 0 aromatic heterocycles. The molecule has 1 aliphatic heterocycles. The van der Waals surface area contributed by atoms with Crippen molar-refractivity contribution in [1.29, 1.82) is 0 Å². The largest absolute Gasteiger partial charge is 0.346 e. The Hall–Kier alpha value is -1.37. The van der Waals surface area contributed by atoms with E-state index in [0.717, 1.165) is 0 Å². The number of ether oxygens (including phenoxy) is 1. The Kier molecular flexibility index (Phi) is 3.29. The fourth-order valence-electron chi connectivity index (χ4n) is 3.08. The summed E-state index contributed by atoms with van der Waals surface area (Å²) in [4.78, 5) is 47.0. The third-order valence-corrected chi connectivity index (χ3v) is 4.42. The van der Waals surface area contributed by atoms with Gasteiger partial charge < -0.3 is 4.74 Å². The molecule has 2 aliphatic rings. The van der Waals surface area contributed by atoms with Crippen molar-refractivity contribution in [2.45, 2.75) is 46.0 Å². The SMILES string of the molecule is CO[C@]12OO[C@@](C)(C=O)C=C1C(=O)C(C)(C)C(=O)C2(C)C. The minimum atomic E-state index is -1.65. The van der Waals surface area contributed by atoms with E-state index in [1.807, 2.05) is 0 Å². The quantitative estimate of drug-likeness (QED) is 0.435. The summed E-state index contributed by atoms with van der Waals surface area (Å²) in [6, 6.07) is 0. The zero-order valence-corrected chi connectivity index (χ0v) is 13.1. The number of carbonyl (C=O) groups excluding carboxylic acids is 3. The van der Waals surface area contributed by atoms with Crippen LogP contribution in [-0.2, 0) is 28.9 Å². The molecule has 1 aliphatic carbocycles. The van der Waals surface area contributed by atoms with Crippen LogP contribution >= 0.6 is 0 Å². The molecule has 116 valence electrons. The van der Waals surface area contributed by atoms with Gasteiger partial charge in [0.15, 0.2) is 23.5 Å². The van der Waals surface area contributed by atoms with E-state index in [1.165, 1.54) is 20.1 Å². The molecule has 0 radical (unpaired) electrons. The number of aldehydes is 1. The highest BCUT2D eigenvalue weighted by Crippen LogP contribution is 2.54. The molecule has 6 heteroatoms. The van der Waals surface area contributed by atoms with E-state index in [4.69, 9.17) is 14.5 Å². The van der Waals surface area contributed by atoms with Crippen LogP contribution in [0.15, 0.2) is 11.6 Å². The molecule has 0 amide bonds. The smallest absolute Gasteiger partial charge is 0.243 e. The van der Waals surface area contributed by atoms with E-state index in [-0.39, 0.29) is 11.4 Å². The van der Waals surface area contributed by atoms with Gasteiger partial charge in [0.1, 0.15) is 0 Å². The second-order valence-corrected chi connectivity index (χ2v) is 6.76. The van der Waals surface area contributed by atoms with Gasteiger partial charge in [-0.2, -0.15) is 4.89 Å². The van der Waals surface area contributed by atoms with Crippen molar-refractivity contribution in [2.24, 2.45) is 10.8 Å². The maximum absolute atomic E-state index is 12.7. The summed E-state index contributed by atoms with van der Waals surface area (Å²) in [6.07, 6.45) is 1.91. The Morgan fingerprint density at radius 1 is 1.10 bits per heavy atom. The summed E-state index contributed by atoms with van der Waals surface area (Å²) in [5, 5.41) is 0. The standard InChI is InChI=1S/C15H20O6/c1-12(2)10(17)9-7-14(5,8-16)20-21-15(9,19-6)13(3,4)11(12)18/h7-8H,1-6H3/t14-,15+/m1/s1. The van der Waals surface area contributed by atoms with E-state index < -0.39 is 28.0 Å². The highest BCUT2D eigenvalue weighted by molar-refractivity contribution is 6.19. The highest BCUT2D eigenvalue weighted by Gasteiger charge is 2.68. The van der Waals surface area contributed by atoms with Gasteiger partial charge in [-0.15, -0.1) is 0 Å². The first-order valence-corrected chi connectivity index (χ1v) is 6.70. The molecule has 0 saturated heterocycles. The molecule has 1 saturated carbocycles. The average Bonchev–Trinajstić information content (AvgIpc) is 2.44. The molecule has 0 unspecified atom stereocenters. The Morgan fingerprint density at radius 2 is 1.67 bits per heavy atom. The summed E-state index contributed by atoms with van der Waals surface area (Å²) in [5.74, 6) is -2.39. The molecular weight excluding hydrogens is 276 g/mol. The van der Waals surface area contributed by atoms with Crippen LogP contribution < -0.4 is 0 Å². The number of fused-ring (bicyclic) bond motifs is 1. The van der Waals surface area contributed by atoms with Gasteiger partial charge in [0, 0.05) is 7.11 Å². The van der Waals surface area contributed by atoms with Crippen LogP contribution in [-0.4, -0.2) is 36.4 Å². The van der Waals surface area contributed by atoms with Gasteiger partial charge in [0.2, 0.25) is 5.79 Å². The number of Topliss-reactive ketones (excluding diaryl/α,β-unsaturated/α-hetero) is 2. The van der Waals surface area contributed by atoms with Crippen molar-refractivity contribution in [3.05, 3.63) is 11.6 Å². The molecule has 0 N–H and O–H groups in total. The van der Waals surface area contributed by atoms with Gasteiger partial charge in [0.25, 0.3) is 0 Å². The van der Waals surface area contributed by atoms with Crippen LogP contribution in [0.3, 0.4) is 0 Å². The van der Waals surface area contributed by atoms with Gasteiger partial charge in [-0.05, 0) is 40.7 Å². The molecule has 0 aromatic carbocycles. The lowest BCUT2D eigenvalue weighted by atomic mass is 9.57. The fraction of sp³-hybridized carbons (Fsp3) is 0.667. The average molecular weight is 296 g/mol. The topological polar surface area (TPSA) is 78.9 Å². The van der Waals surface area contributed by atoms with E-state index in [1.54, 1.807) is 27.7 Å². The molecule has 6 nitrogen and oxygen atoms in total. The summed E-state index contributed by atoms with van der Waals surface area (Å²) in [6.45, 7) is 7.86. The Bertz CT molecular complexity index is 559. The Labute approximate surface area is 123 Å². The van der Waals surface area contributed by atoms with Gasteiger partial charge >= 0.3 is 0 Å². The second kappa shape index (κ2) is 4.32. The molecule has 2 rings (SSSR count). The number of carbonyl (C=O) groups is 3. The van der Waals surface area contributed by atoms with Gasteiger partial charge in [-0.1, -0.05) is 0 Å².